The van der Waals surface area contributed by atoms with Crippen LogP contribution in [-0.2, 0) is 4.57 Å². The number of rotatable bonds is 4. The summed E-state index contributed by atoms with van der Waals surface area (Å²) in [7, 11) is -1.40. The summed E-state index contributed by atoms with van der Waals surface area (Å²) in [4.78, 5) is 33.7. The molecular weight excluding hydrogens is 471 g/mol. The monoisotopic (exact) mass is 493 g/mol. The molecule has 1 aliphatic rings. The topological polar surface area (TPSA) is 141 Å². The maximum atomic E-state index is 13.2. The smallest absolute Gasteiger partial charge is 0.507 e. The van der Waals surface area contributed by atoms with Crippen LogP contribution in [0.5, 0.6) is 11.5 Å². The number of phosphoric ester groups is 1. The van der Waals surface area contributed by atoms with Gasteiger partial charge in [-0.3, -0.25) is 14.6 Å². The van der Waals surface area contributed by atoms with Gasteiger partial charge in [-0.2, -0.15) is 0 Å². The van der Waals surface area contributed by atoms with E-state index in [9.17, 15) is 29.4 Å². The molecule has 0 radical (unpaired) electrons. The summed E-state index contributed by atoms with van der Waals surface area (Å²) in [6, 6.07) is 7.33. The highest BCUT2D eigenvalue weighted by atomic mass is 35.5. The van der Waals surface area contributed by atoms with Gasteiger partial charge in [-0.1, -0.05) is 29.2 Å². The van der Waals surface area contributed by atoms with Crippen molar-refractivity contribution in [3.8, 4) is 22.8 Å². The van der Waals surface area contributed by atoms with Crippen molar-refractivity contribution in [1.82, 2.24) is 4.90 Å². The maximum absolute atomic E-state index is 13.2. The highest BCUT2D eigenvalue weighted by Gasteiger charge is 2.34. The average molecular weight is 494 g/mol. The number of piperidine rings is 1. The molecule has 174 valence electrons. The second-order valence-corrected chi connectivity index (χ2v) is 9.77. The standard InChI is InChI=1S/C21H22BClNO8P/c1-24-6-5-10(15(27)9-24)18-13(25)8-17(32-33(28,29)30)19-14(26)7-16(31-21(18)19)11-3-2-4-12(22)20(11)23/h2-4,7-8,10,15,25,27H,5-6,9,22H2,1H3,(H2,28,29,30)/t10-,15+/m0/s1. The van der Waals surface area contributed by atoms with E-state index in [1.165, 1.54) is 0 Å². The molecule has 1 aromatic heterocycles. The summed E-state index contributed by atoms with van der Waals surface area (Å²) in [5, 5.41) is 21.7. The van der Waals surface area contributed by atoms with Gasteiger partial charge in [0.05, 0.1) is 6.10 Å². The number of aliphatic hydroxyl groups is 1. The van der Waals surface area contributed by atoms with Crippen molar-refractivity contribution in [2.24, 2.45) is 0 Å². The van der Waals surface area contributed by atoms with Crippen LogP contribution in [0.25, 0.3) is 22.3 Å². The van der Waals surface area contributed by atoms with Crippen LogP contribution in [0.2, 0.25) is 5.02 Å². The zero-order valence-electron chi connectivity index (χ0n) is 17.9. The van der Waals surface area contributed by atoms with Crippen LogP contribution < -0.4 is 15.4 Å². The molecule has 0 aliphatic carbocycles. The Morgan fingerprint density at radius 2 is 2.03 bits per heavy atom. The van der Waals surface area contributed by atoms with E-state index in [4.69, 9.17) is 20.5 Å². The van der Waals surface area contributed by atoms with Crippen molar-refractivity contribution < 1.29 is 33.5 Å². The molecule has 2 heterocycles. The lowest BCUT2D eigenvalue weighted by Crippen LogP contribution is -2.40. The molecule has 0 unspecified atom stereocenters. The van der Waals surface area contributed by atoms with Gasteiger partial charge in [0.1, 0.15) is 36.1 Å². The van der Waals surface area contributed by atoms with Crippen molar-refractivity contribution in [2.75, 3.05) is 20.1 Å². The highest BCUT2D eigenvalue weighted by Crippen LogP contribution is 2.47. The Hall–Kier alpha value is -2.33. The van der Waals surface area contributed by atoms with Crippen LogP contribution in [0.15, 0.2) is 39.5 Å². The molecule has 3 aromatic rings. The third-order valence-corrected chi connectivity index (χ3v) is 6.75. The molecule has 2 atom stereocenters. The number of benzene rings is 2. The molecule has 33 heavy (non-hydrogen) atoms. The summed E-state index contributed by atoms with van der Waals surface area (Å²) < 4.78 is 22.3. The number of likely N-dealkylation sites (N-methyl/N-ethyl adjacent to an activating group) is 1. The first kappa shape index (κ1) is 23.8. The van der Waals surface area contributed by atoms with Crippen LogP contribution in [-0.4, -0.2) is 59.0 Å². The molecule has 4 N–H and O–H groups in total. The first-order valence-electron chi connectivity index (χ1n) is 10.2. The third-order valence-electron chi connectivity index (χ3n) is 5.81. The van der Waals surface area contributed by atoms with Crippen molar-refractivity contribution in [3.05, 3.63) is 51.1 Å². The van der Waals surface area contributed by atoms with Crippen LogP contribution in [0, 0.1) is 0 Å². The van der Waals surface area contributed by atoms with Gasteiger partial charge in [0.15, 0.2) is 5.43 Å². The molecule has 0 saturated carbocycles. The number of nitrogens with zero attached hydrogens (tertiary/aromatic N) is 1. The molecule has 0 amide bonds. The van der Waals surface area contributed by atoms with E-state index >= 15 is 0 Å². The number of phenols is 1. The number of hydrogen-bond donors (Lipinski definition) is 4. The second-order valence-electron chi connectivity index (χ2n) is 8.23. The highest BCUT2D eigenvalue weighted by molar-refractivity contribution is 7.46. The normalized spacial score (nSPS) is 19.7. The van der Waals surface area contributed by atoms with E-state index in [1.807, 2.05) is 11.9 Å². The fraction of sp³-hybridized carbons (Fsp3) is 0.286. The summed E-state index contributed by atoms with van der Waals surface area (Å²) in [6.45, 7) is 0.955. The first-order valence-corrected chi connectivity index (χ1v) is 12.1. The van der Waals surface area contributed by atoms with Gasteiger partial charge in [0.25, 0.3) is 0 Å². The minimum Gasteiger partial charge on any atom is -0.507 e. The van der Waals surface area contributed by atoms with Gasteiger partial charge >= 0.3 is 7.82 Å². The van der Waals surface area contributed by atoms with E-state index in [0.29, 0.717) is 30.1 Å². The summed E-state index contributed by atoms with van der Waals surface area (Å²) in [5.74, 6) is -1.40. The molecule has 12 heteroatoms. The number of hydrogen-bond acceptors (Lipinski definition) is 7. The van der Waals surface area contributed by atoms with Gasteiger partial charge in [0.2, 0.25) is 0 Å². The van der Waals surface area contributed by atoms with E-state index in [1.54, 1.807) is 26.0 Å². The van der Waals surface area contributed by atoms with Crippen LogP contribution in [0.3, 0.4) is 0 Å². The number of aromatic hydroxyl groups is 1. The molecular formula is C21H22BClNO8P. The number of halogens is 1. The summed E-state index contributed by atoms with van der Waals surface area (Å²) in [6.07, 6.45) is -0.416. The van der Waals surface area contributed by atoms with E-state index in [-0.39, 0.29) is 22.3 Å². The minimum absolute atomic E-state index is 0.109. The number of phenolic OH excluding ortho intramolecular Hbond substituents is 1. The predicted octanol–water partition coefficient (Wildman–Crippen LogP) is 1.33. The third kappa shape index (κ3) is 4.68. The van der Waals surface area contributed by atoms with Crippen molar-refractivity contribution in [1.29, 1.82) is 0 Å². The molecule has 1 saturated heterocycles. The van der Waals surface area contributed by atoms with Crippen LogP contribution in [0.4, 0.5) is 0 Å². The predicted molar refractivity (Wildman–Crippen MR) is 126 cm³/mol. The van der Waals surface area contributed by atoms with Crippen LogP contribution in [0.1, 0.15) is 17.9 Å². The Bertz CT molecular complexity index is 1340. The van der Waals surface area contributed by atoms with Gasteiger partial charge in [0, 0.05) is 40.7 Å². The lowest BCUT2D eigenvalue weighted by molar-refractivity contribution is 0.0630. The Labute approximate surface area is 194 Å². The molecule has 0 spiro atoms. The van der Waals surface area contributed by atoms with Gasteiger partial charge in [-0.25, -0.2) is 4.57 Å². The van der Waals surface area contributed by atoms with E-state index in [0.717, 1.165) is 17.6 Å². The van der Waals surface area contributed by atoms with Gasteiger partial charge < -0.3 is 24.1 Å². The Morgan fingerprint density at radius 1 is 1.30 bits per heavy atom. The number of likely N-dealkylation sites (tertiary alicyclic amines) is 1. The number of phosphoric acid groups is 1. The fourth-order valence-electron chi connectivity index (χ4n) is 4.26. The molecule has 0 bridgehead atoms. The summed E-state index contributed by atoms with van der Waals surface area (Å²) in [5.41, 5.74) is 0.602. The van der Waals surface area contributed by atoms with Crippen LogP contribution >= 0.6 is 19.4 Å². The lowest BCUT2D eigenvalue weighted by Gasteiger charge is -2.34. The Kier molecular flexibility index (Phi) is 6.35. The average Bonchev–Trinajstić information content (AvgIpc) is 2.69. The number of fused-ring (bicyclic) bond motifs is 1. The first-order chi connectivity index (χ1) is 15.5. The molecule has 2 aromatic carbocycles. The van der Waals surface area contributed by atoms with Crippen molar-refractivity contribution in [2.45, 2.75) is 18.4 Å². The number of β-amino-alcohol motifs (C(OH)–C–C–N with tert-alkyl or cyclic N) is 1. The van der Waals surface area contributed by atoms with Crippen molar-refractivity contribution in [3.63, 3.8) is 0 Å². The summed E-state index contributed by atoms with van der Waals surface area (Å²) >= 11 is 6.42. The minimum atomic E-state index is -5.05. The fourth-order valence-corrected chi connectivity index (χ4v) is 4.88. The van der Waals surface area contributed by atoms with Crippen molar-refractivity contribution >= 4 is 43.7 Å². The molecule has 9 nitrogen and oxygen atoms in total. The Balaban J connectivity index is 2.04. The zero-order valence-corrected chi connectivity index (χ0v) is 19.5. The largest absolute Gasteiger partial charge is 0.524 e. The molecule has 4 rings (SSSR count). The number of aliphatic hydroxyl groups excluding tert-OH is 1. The molecule has 1 fully saturated rings. The molecule has 1 aliphatic heterocycles. The maximum Gasteiger partial charge on any atom is 0.524 e. The quantitative estimate of drug-likeness (QED) is 0.313. The zero-order chi connectivity index (χ0) is 24.1. The SMILES string of the molecule is Bc1cccc(-c2cc(=O)c3c(OP(=O)(O)O)cc(O)c([C@H]4CCN(C)C[C@H]4O)c3o2)c1Cl. The van der Waals surface area contributed by atoms with Gasteiger partial charge in [-0.15, -0.1) is 0 Å². The van der Waals surface area contributed by atoms with E-state index < -0.39 is 36.8 Å². The Morgan fingerprint density at radius 3 is 2.70 bits per heavy atom. The van der Waals surface area contributed by atoms with Gasteiger partial charge in [-0.05, 0) is 26.1 Å². The van der Waals surface area contributed by atoms with E-state index in [2.05, 4.69) is 0 Å². The second kappa shape index (κ2) is 8.79. The lowest BCUT2D eigenvalue weighted by atomic mass is 9.85.